The minimum absolute atomic E-state index is 0.167. The van der Waals surface area contributed by atoms with Crippen molar-refractivity contribution in [3.8, 4) is 0 Å². The summed E-state index contributed by atoms with van der Waals surface area (Å²) in [5.74, 6) is 0.451. The molecule has 2 aromatic rings. The summed E-state index contributed by atoms with van der Waals surface area (Å²) in [7, 11) is 0. The fourth-order valence-corrected chi connectivity index (χ4v) is 1.45. The molecule has 0 aliphatic rings. The van der Waals surface area contributed by atoms with Crippen molar-refractivity contribution in [3.63, 3.8) is 0 Å². The molecule has 7 heteroatoms. The van der Waals surface area contributed by atoms with Crippen LogP contribution in [0.4, 0.5) is 0 Å². The molecule has 3 N–H and O–H groups in total. The number of rotatable bonds is 3. The highest BCUT2D eigenvalue weighted by molar-refractivity contribution is 5.96. The van der Waals surface area contributed by atoms with Gasteiger partial charge in [0.15, 0.2) is 0 Å². The van der Waals surface area contributed by atoms with E-state index in [0.29, 0.717) is 23.6 Å². The Labute approximate surface area is 91.7 Å². The number of hydrogen-bond donors (Lipinski definition) is 3. The maximum absolute atomic E-state index is 11.8. The quantitative estimate of drug-likeness (QED) is 0.681. The van der Waals surface area contributed by atoms with Gasteiger partial charge in [0, 0.05) is 5.69 Å². The first-order chi connectivity index (χ1) is 7.68. The average molecular weight is 220 g/mol. The molecule has 7 nitrogen and oxygen atoms in total. The molecule has 0 aromatic carbocycles. The molecule has 0 aliphatic heterocycles. The topological polar surface area (TPSA) is 99.3 Å². The first-order valence-corrected chi connectivity index (χ1v) is 4.82. The molecule has 0 saturated heterocycles. The lowest BCUT2D eigenvalue weighted by Crippen LogP contribution is -2.24. The van der Waals surface area contributed by atoms with Crippen LogP contribution < -0.4 is 5.32 Å². The Morgan fingerprint density at radius 1 is 1.44 bits per heavy atom. The van der Waals surface area contributed by atoms with E-state index in [0.717, 1.165) is 5.69 Å². The molecule has 0 fully saturated rings. The van der Waals surface area contributed by atoms with Crippen molar-refractivity contribution in [3.05, 3.63) is 29.1 Å². The van der Waals surface area contributed by atoms with Crippen LogP contribution in [0, 0.1) is 13.8 Å². The molecule has 1 amide bonds. The van der Waals surface area contributed by atoms with E-state index in [1.807, 2.05) is 6.92 Å². The fraction of sp³-hybridized carbons (Fsp3) is 0.333. The van der Waals surface area contributed by atoms with Crippen molar-refractivity contribution in [1.29, 1.82) is 0 Å². The van der Waals surface area contributed by atoms with Gasteiger partial charge in [-0.05, 0) is 13.8 Å². The molecule has 2 rings (SSSR count). The lowest BCUT2D eigenvalue weighted by molar-refractivity contribution is 0.0949. The van der Waals surface area contributed by atoms with Gasteiger partial charge >= 0.3 is 0 Å². The van der Waals surface area contributed by atoms with Crippen LogP contribution in [0.3, 0.4) is 0 Å². The number of H-pyrrole nitrogens is 2. The number of aromatic amines is 2. The van der Waals surface area contributed by atoms with Crippen LogP contribution in [-0.4, -0.2) is 31.3 Å². The lowest BCUT2D eigenvalue weighted by Gasteiger charge is -2.02. The number of nitrogens with zero attached hydrogens (tertiary/aromatic N) is 3. The molecule has 0 saturated carbocycles. The fourth-order valence-electron chi connectivity index (χ4n) is 1.45. The van der Waals surface area contributed by atoms with Gasteiger partial charge in [0.1, 0.15) is 12.2 Å². The first kappa shape index (κ1) is 10.3. The highest BCUT2D eigenvalue weighted by Gasteiger charge is 2.14. The second kappa shape index (κ2) is 4.13. The second-order valence-corrected chi connectivity index (χ2v) is 3.42. The van der Waals surface area contributed by atoms with Gasteiger partial charge in [0.25, 0.3) is 5.91 Å². The maximum Gasteiger partial charge on any atom is 0.255 e. The van der Waals surface area contributed by atoms with Gasteiger partial charge in [-0.25, -0.2) is 4.98 Å². The summed E-state index contributed by atoms with van der Waals surface area (Å²) in [4.78, 5) is 15.7. The third kappa shape index (κ3) is 1.92. The van der Waals surface area contributed by atoms with E-state index in [2.05, 4.69) is 30.7 Å². The minimum Gasteiger partial charge on any atom is -0.345 e. The molecule has 2 heterocycles. The number of hydrogen-bond acceptors (Lipinski definition) is 4. The highest BCUT2D eigenvalue weighted by atomic mass is 16.1. The largest absolute Gasteiger partial charge is 0.345 e. The maximum atomic E-state index is 11.8. The standard InChI is InChI=1S/C9H12N6O/c1-5-8(6(2)14-13-5)9(16)10-3-7-11-4-12-15-7/h4H,3H2,1-2H3,(H,10,16)(H,13,14)(H,11,12,15). The Hall–Kier alpha value is -2.18. The van der Waals surface area contributed by atoms with Gasteiger partial charge in [-0.2, -0.15) is 10.2 Å². The van der Waals surface area contributed by atoms with Crippen LogP contribution >= 0.6 is 0 Å². The summed E-state index contributed by atoms with van der Waals surface area (Å²) in [6, 6.07) is 0. The van der Waals surface area contributed by atoms with Gasteiger partial charge in [0.2, 0.25) is 0 Å². The SMILES string of the molecule is Cc1n[nH]c(C)c1C(=O)NCc1ncn[nH]1. The van der Waals surface area contributed by atoms with E-state index in [-0.39, 0.29) is 5.91 Å². The predicted molar refractivity (Wildman–Crippen MR) is 55.6 cm³/mol. The average Bonchev–Trinajstić information content (AvgIpc) is 2.86. The second-order valence-electron chi connectivity index (χ2n) is 3.42. The van der Waals surface area contributed by atoms with Gasteiger partial charge in [0.05, 0.1) is 17.8 Å². The van der Waals surface area contributed by atoms with E-state index in [4.69, 9.17) is 0 Å². The molecular formula is C9H12N6O. The van der Waals surface area contributed by atoms with Gasteiger partial charge in [-0.15, -0.1) is 0 Å². The Bertz CT molecular complexity index is 467. The summed E-state index contributed by atoms with van der Waals surface area (Å²) in [5.41, 5.74) is 2.03. The number of carbonyl (C=O) groups excluding carboxylic acids is 1. The van der Waals surface area contributed by atoms with Crippen molar-refractivity contribution in [1.82, 2.24) is 30.7 Å². The number of aryl methyl sites for hydroxylation is 2. The van der Waals surface area contributed by atoms with Crippen LogP contribution in [0.5, 0.6) is 0 Å². The van der Waals surface area contributed by atoms with Crippen molar-refractivity contribution in [2.75, 3.05) is 0 Å². The number of nitrogens with one attached hydrogen (secondary N) is 3. The van der Waals surface area contributed by atoms with Crippen LogP contribution in [0.1, 0.15) is 27.6 Å². The van der Waals surface area contributed by atoms with E-state index in [9.17, 15) is 4.79 Å². The summed E-state index contributed by atoms with van der Waals surface area (Å²) in [6.07, 6.45) is 1.40. The van der Waals surface area contributed by atoms with Crippen LogP contribution in [0.25, 0.3) is 0 Å². The summed E-state index contributed by atoms with van der Waals surface area (Å²) in [6.45, 7) is 3.92. The molecule has 0 aliphatic carbocycles. The minimum atomic E-state index is -0.167. The third-order valence-electron chi connectivity index (χ3n) is 2.24. The van der Waals surface area contributed by atoms with Crippen LogP contribution in [-0.2, 0) is 6.54 Å². The third-order valence-corrected chi connectivity index (χ3v) is 2.24. The summed E-state index contributed by atoms with van der Waals surface area (Å²) in [5, 5.41) is 15.8. The molecule has 0 atom stereocenters. The van der Waals surface area contributed by atoms with Crippen LogP contribution in [0.2, 0.25) is 0 Å². The summed E-state index contributed by atoms with van der Waals surface area (Å²) >= 11 is 0. The Morgan fingerprint density at radius 2 is 2.25 bits per heavy atom. The number of aromatic nitrogens is 5. The smallest absolute Gasteiger partial charge is 0.255 e. The van der Waals surface area contributed by atoms with Crippen molar-refractivity contribution in [2.45, 2.75) is 20.4 Å². The van der Waals surface area contributed by atoms with E-state index >= 15 is 0 Å². The Balaban J connectivity index is 2.04. The molecule has 0 unspecified atom stereocenters. The normalized spacial score (nSPS) is 10.4. The number of amides is 1. The number of carbonyl (C=O) groups is 1. The van der Waals surface area contributed by atoms with E-state index in [1.165, 1.54) is 6.33 Å². The summed E-state index contributed by atoms with van der Waals surface area (Å²) < 4.78 is 0. The molecule has 0 bridgehead atoms. The Kier molecular flexibility index (Phi) is 2.67. The Morgan fingerprint density at radius 3 is 2.81 bits per heavy atom. The first-order valence-electron chi connectivity index (χ1n) is 4.82. The van der Waals surface area contributed by atoms with Gasteiger partial charge < -0.3 is 5.32 Å². The molecule has 84 valence electrons. The lowest BCUT2D eigenvalue weighted by atomic mass is 10.2. The predicted octanol–water partition coefficient (Wildman–Crippen LogP) is 0.0746. The monoisotopic (exact) mass is 220 g/mol. The molecule has 16 heavy (non-hydrogen) atoms. The van der Waals surface area contributed by atoms with Crippen molar-refractivity contribution < 1.29 is 4.79 Å². The van der Waals surface area contributed by atoms with Crippen LogP contribution in [0.15, 0.2) is 6.33 Å². The van der Waals surface area contributed by atoms with E-state index < -0.39 is 0 Å². The van der Waals surface area contributed by atoms with Gasteiger partial charge in [-0.1, -0.05) is 0 Å². The van der Waals surface area contributed by atoms with Gasteiger partial charge in [-0.3, -0.25) is 15.0 Å². The molecule has 2 aromatic heterocycles. The van der Waals surface area contributed by atoms with Crippen molar-refractivity contribution in [2.24, 2.45) is 0 Å². The molecular weight excluding hydrogens is 208 g/mol. The molecule has 0 spiro atoms. The molecule has 0 radical (unpaired) electrons. The highest BCUT2D eigenvalue weighted by Crippen LogP contribution is 2.08. The zero-order chi connectivity index (χ0) is 11.5. The van der Waals surface area contributed by atoms with Crippen molar-refractivity contribution >= 4 is 5.91 Å². The van der Waals surface area contributed by atoms with E-state index in [1.54, 1.807) is 6.92 Å². The zero-order valence-electron chi connectivity index (χ0n) is 9.03. The zero-order valence-corrected chi connectivity index (χ0v) is 9.03.